The van der Waals surface area contributed by atoms with E-state index in [1.54, 1.807) is 7.11 Å². The molecule has 0 unspecified atom stereocenters. The second-order valence-electron chi connectivity index (χ2n) is 9.59. The molecule has 2 fully saturated rings. The molecular weight excluding hydrogens is 352 g/mol. The van der Waals surface area contributed by atoms with Crippen LogP contribution in [0.15, 0.2) is 0 Å². The van der Waals surface area contributed by atoms with Crippen LogP contribution in [0.1, 0.15) is 76.4 Å². The molecule has 6 nitrogen and oxygen atoms in total. The molecule has 0 atom stereocenters. The van der Waals surface area contributed by atoms with Crippen molar-refractivity contribution in [2.75, 3.05) is 26.8 Å². The molecule has 1 aromatic rings. The van der Waals surface area contributed by atoms with Crippen molar-refractivity contribution >= 4 is 5.91 Å². The van der Waals surface area contributed by atoms with E-state index < -0.39 is 0 Å². The molecule has 156 valence electrons. The Bertz CT molecular complexity index is 685. The summed E-state index contributed by atoms with van der Waals surface area (Å²) in [7, 11) is 1.73. The number of rotatable bonds is 4. The van der Waals surface area contributed by atoms with Gasteiger partial charge in [-0.05, 0) is 43.9 Å². The molecule has 2 aliphatic heterocycles. The van der Waals surface area contributed by atoms with Gasteiger partial charge in [-0.3, -0.25) is 4.79 Å². The minimum absolute atomic E-state index is 0.101. The molecular formula is C22H36N4O2. The molecule has 0 bridgehead atoms. The van der Waals surface area contributed by atoms with Gasteiger partial charge in [0.1, 0.15) is 11.6 Å². The summed E-state index contributed by atoms with van der Waals surface area (Å²) in [6, 6.07) is 0. The zero-order chi connectivity index (χ0) is 19.6. The molecule has 1 aromatic heterocycles. The quantitative estimate of drug-likeness (QED) is 0.793. The minimum Gasteiger partial charge on any atom is -0.384 e. The number of nitrogens with zero attached hydrogens (tertiary/aromatic N) is 4. The van der Waals surface area contributed by atoms with Gasteiger partial charge in [-0.1, -0.05) is 26.2 Å². The van der Waals surface area contributed by atoms with Crippen molar-refractivity contribution < 1.29 is 9.53 Å². The summed E-state index contributed by atoms with van der Waals surface area (Å²) in [5.41, 5.74) is 0.264. The lowest BCUT2D eigenvalue weighted by Gasteiger charge is -2.45. The summed E-state index contributed by atoms with van der Waals surface area (Å²) in [6.07, 6.45) is 12.3. The summed E-state index contributed by atoms with van der Waals surface area (Å²) in [5, 5.41) is 8.84. The third-order valence-electron chi connectivity index (χ3n) is 7.76. The van der Waals surface area contributed by atoms with Crippen molar-refractivity contribution in [1.29, 1.82) is 0 Å². The van der Waals surface area contributed by atoms with Crippen molar-refractivity contribution in [1.82, 2.24) is 19.7 Å². The normalized spacial score (nSPS) is 24.0. The molecule has 0 aromatic carbocycles. The Morgan fingerprint density at radius 1 is 1.00 bits per heavy atom. The first-order chi connectivity index (χ1) is 13.6. The third-order valence-corrected chi connectivity index (χ3v) is 7.76. The van der Waals surface area contributed by atoms with E-state index in [-0.39, 0.29) is 5.41 Å². The van der Waals surface area contributed by atoms with E-state index in [1.807, 2.05) is 0 Å². The van der Waals surface area contributed by atoms with E-state index >= 15 is 0 Å². The standard InChI is InChI=1S/C22H36N4O2/c1-21(8-4-3-5-9-21)20(27)25-14-11-22(12-15-25)10-6-18-23-24-19(7-17-28-2)26(18)16-13-22/h3-17H2,1-2H3. The fourth-order valence-electron chi connectivity index (χ4n) is 5.66. The maximum atomic E-state index is 13.2. The van der Waals surface area contributed by atoms with Crippen LogP contribution in [0.3, 0.4) is 0 Å². The van der Waals surface area contributed by atoms with E-state index in [2.05, 4.69) is 26.6 Å². The number of fused-ring (bicyclic) bond motifs is 1. The zero-order valence-corrected chi connectivity index (χ0v) is 17.7. The number of methoxy groups -OCH3 is 1. The van der Waals surface area contributed by atoms with E-state index in [1.165, 1.54) is 32.1 Å². The first kappa shape index (κ1) is 19.9. The third kappa shape index (κ3) is 3.85. The molecule has 3 heterocycles. The molecule has 1 saturated heterocycles. The van der Waals surface area contributed by atoms with Gasteiger partial charge in [-0.2, -0.15) is 0 Å². The van der Waals surface area contributed by atoms with Crippen LogP contribution in [-0.2, 0) is 28.9 Å². The summed E-state index contributed by atoms with van der Waals surface area (Å²) in [5.74, 6) is 2.62. The Morgan fingerprint density at radius 2 is 1.71 bits per heavy atom. The summed E-state index contributed by atoms with van der Waals surface area (Å²) >= 11 is 0. The number of aromatic nitrogens is 3. The van der Waals surface area contributed by atoms with Crippen LogP contribution >= 0.6 is 0 Å². The predicted molar refractivity (Wildman–Crippen MR) is 108 cm³/mol. The van der Waals surface area contributed by atoms with Gasteiger partial charge in [0.15, 0.2) is 0 Å². The van der Waals surface area contributed by atoms with Crippen molar-refractivity contribution in [2.45, 2.75) is 84.1 Å². The number of ether oxygens (including phenoxy) is 1. The first-order valence-corrected chi connectivity index (χ1v) is 11.2. The molecule has 1 spiro atoms. The van der Waals surface area contributed by atoms with Gasteiger partial charge >= 0.3 is 0 Å². The number of aryl methyl sites for hydroxylation is 1. The Balaban J connectivity index is 1.37. The lowest BCUT2D eigenvalue weighted by atomic mass is 9.71. The monoisotopic (exact) mass is 388 g/mol. The SMILES string of the molecule is COCCc1nnc2n1CCC1(CC2)CCN(C(=O)C2(C)CCCCC2)CC1. The van der Waals surface area contributed by atoms with Crippen LogP contribution in [0.2, 0.25) is 0 Å². The molecule has 4 rings (SSSR count). The Morgan fingerprint density at radius 3 is 2.43 bits per heavy atom. The Kier molecular flexibility index (Phi) is 5.77. The van der Waals surface area contributed by atoms with Crippen LogP contribution in [0.4, 0.5) is 0 Å². The average Bonchev–Trinajstić information content (AvgIpc) is 3.03. The number of carbonyl (C=O) groups excluding carboxylic acids is 1. The second-order valence-corrected chi connectivity index (χ2v) is 9.59. The Hall–Kier alpha value is -1.43. The highest BCUT2D eigenvalue weighted by molar-refractivity contribution is 5.82. The molecule has 3 aliphatic rings. The number of hydrogen-bond acceptors (Lipinski definition) is 4. The lowest BCUT2D eigenvalue weighted by Crippen LogP contribution is -2.49. The topological polar surface area (TPSA) is 60.3 Å². The fraction of sp³-hybridized carbons (Fsp3) is 0.864. The molecule has 1 saturated carbocycles. The van der Waals surface area contributed by atoms with E-state index in [9.17, 15) is 4.79 Å². The van der Waals surface area contributed by atoms with Gasteiger partial charge in [-0.25, -0.2) is 0 Å². The number of likely N-dealkylation sites (tertiary alicyclic amines) is 1. The molecule has 6 heteroatoms. The minimum atomic E-state index is -0.101. The van der Waals surface area contributed by atoms with Crippen molar-refractivity contribution in [3.8, 4) is 0 Å². The van der Waals surface area contributed by atoms with Crippen molar-refractivity contribution in [3.63, 3.8) is 0 Å². The van der Waals surface area contributed by atoms with E-state index in [0.29, 0.717) is 17.9 Å². The van der Waals surface area contributed by atoms with Gasteiger partial charge in [0.05, 0.1) is 6.61 Å². The van der Waals surface area contributed by atoms with Crippen molar-refractivity contribution in [2.24, 2.45) is 10.8 Å². The summed E-state index contributed by atoms with van der Waals surface area (Å²) in [6.45, 7) is 5.78. The van der Waals surface area contributed by atoms with Crippen molar-refractivity contribution in [3.05, 3.63) is 11.6 Å². The predicted octanol–water partition coefficient (Wildman–Crippen LogP) is 3.38. The van der Waals surface area contributed by atoms with E-state index in [0.717, 1.165) is 69.8 Å². The maximum absolute atomic E-state index is 13.2. The lowest BCUT2D eigenvalue weighted by molar-refractivity contribution is -0.145. The highest BCUT2D eigenvalue weighted by Gasteiger charge is 2.42. The summed E-state index contributed by atoms with van der Waals surface area (Å²) < 4.78 is 7.55. The zero-order valence-electron chi connectivity index (χ0n) is 17.7. The van der Waals surface area contributed by atoms with E-state index in [4.69, 9.17) is 4.74 Å². The van der Waals surface area contributed by atoms with Gasteiger partial charge in [0.2, 0.25) is 5.91 Å². The molecule has 1 amide bonds. The number of piperidine rings is 1. The largest absolute Gasteiger partial charge is 0.384 e. The second kappa shape index (κ2) is 8.13. The molecule has 0 N–H and O–H groups in total. The molecule has 1 aliphatic carbocycles. The van der Waals surface area contributed by atoms with Gasteiger partial charge < -0.3 is 14.2 Å². The number of amides is 1. The number of carbonyl (C=O) groups is 1. The number of hydrogen-bond donors (Lipinski definition) is 0. The van der Waals surface area contributed by atoms with Gasteiger partial charge in [-0.15, -0.1) is 10.2 Å². The van der Waals surface area contributed by atoms with Gasteiger partial charge in [0, 0.05) is 45.0 Å². The average molecular weight is 389 g/mol. The highest BCUT2D eigenvalue weighted by Crippen LogP contribution is 2.44. The van der Waals surface area contributed by atoms with Crippen LogP contribution in [0.5, 0.6) is 0 Å². The highest BCUT2D eigenvalue weighted by atomic mass is 16.5. The van der Waals surface area contributed by atoms with Gasteiger partial charge in [0.25, 0.3) is 0 Å². The maximum Gasteiger partial charge on any atom is 0.228 e. The first-order valence-electron chi connectivity index (χ1n) is 11.2. The molecule has 28 heavy (non-hydrogen) atoms. The van der Waals surface area contributed by atoms with Crippen LogP contribution in [-0.4, -0.2) is 52.4 Å². The fourth-order valence-corrected chi connectivity index (χ4v) is 5.66. The smallest absolute Gasteiger partial charge is 0.228 e. The molecule has 0 radical (unpaired) electrons. The summed E-state index contributed by atoms with van der Waals surface area (Å²) in [4.78, 5) is 15.4. The van der Waals surface area contributed by atoms with Crippen LogP contribution in [0, 0.1) is 10.8 Å². The Labute approximate surface area is 169 Å². The van der Waals surface area contributed by atoms with Crippen LogP contribution < -0.4 is 0 Å². The van der Waals surface area contributed by atoms with Crippen LogP contribution in [0.25, 0.3) is 0 Å².